The molecule has 6 heteroatoms. The fourth-order valence-corrected chi connectivity index (χ4v) is 3.56. The van der Waals surface area contributed by atoms with Crippen molar-refractivity contribution in [2.75, 3.05) is 6.54 Å². The van der Waals surface area contributed by atoms with Crippen LogP contribution in [0.2, 0.25) is 0 Å². The summed E-state index contributed by atoms with van der Waals surface area (Å²) in [5.41, 5.74) is 3.25. The smallest absolute Gasteiger partial charge is 0.247 e. The topological polar surface area (TPSA) is 60.0 Å². The molecule has 0 radical (unpaired) electrons. The van der Waals surface area contributed by atoms with Gasteiger partial charge in [0.15, 0.2) is 0 Å². The highest BCUT2D eigenvalue weighted by Gasteiger charge is 2.27. The van der Waals surface area contributed by atoms with Crippen LogP contribution in [0, 0.1) is 13.8 Å². The Bertz CT molecular complexity index is 839. The third kappa shape index (κ3) is 3.49. The van der Waals surface area contributed by atoms with Crippen LogP contribution in [0.1, 0.15) is 30.1 Å². The van der Waals surface area contributed by atoms with Crippen molar-refractivity contribution in [3.63, 3.8) is 0 Å². The molecular formula is C19H23N5O. The first-order chi connectivity index (χ1) is 12.2. The Hall–Kier alpha value is -2.47. The molecule has 1 atom stereocenters. The number of aryl methyl sites for hydroxylation is 2. The van der Waals surface area contributed by atoms with Crippen molar-refractivity contribution in [1.29, 1.82) is 0 Å². The van der Waals surface area contributed by atoms with E-state index in [4.69, 9.17) is 4.42 Å². The van der Waals surface area contributed by atoms with Crippen molar-refractivity contribution < 1.29 is 4.42 Å². The molecule has 0 amide bonds. The maximum Gasteiger partial charge on any atom is 0.247 e. The minimum atomic E-state index is 0.463. The SMILES string of the molecule is Cc1cc(C)n(C[C@@H]2CCCN2Cc2nnc(-c3ccccc3)o2)n1. The maximum absolute atomic E-state index is 5.87. The van der Waals surface area contributed by atoms with E-state index in [0.29, 0.717) is 24.4 Å². The number of nitrogens with zero attached hydrogens (tertiary/aromatic N) is 5. The van der Waals surface area contributed by atoms with Crippen molar-refractivity contribution in [1.82, 2.24) is 24.9 Å². The maximum atomic E-state index is 5.87. The van der Waals surface area contributed by atoms with Crippen molar-refractivity contribution in [2.24, 2.45) is 0 Å². The molecule has 0 spiro atoms. The lowest BCUT2D eigenvalue weighted by molar-refractivity contribution is 0.199. The largest absolute Gasteiger partial charge is 0.419 e. The van der Waals surface area contributed by atoms with Crippen LogP contribution in [0.4, 0.5) is 0 Å². The molecule has 0 N–H and O–H groups in total. The average molecular weight is 337 g/mol. The monoisotopic (exact) mass is 337 g/mol. The lowest BCUT2D eigenvalue weighted by Crippen LogP contribution is -2.33. The molecule has 1 aliphatic heterocycles. The van der Waals surface area contributed by atoms with Gasteiger partial charge in [-0.3, -0.25) is 9.58 Å². The van der Waals surface area contributed by atoms with Gasteiger partial charge >= 0.3 is 0 Å². The van der Waals surface area contributed by atoms with Gasteiger partial charge in [-0.2, -0.15) is 5.10 Å². The van der Waals surface area contributed by atoms with Crippen LogP contribution >= 0.6 is 0 Å². The molecule has 4 rings (SSSR count). The van der Waals surface area contributed by atoms with Crippen LogP contribution in [0.5, 0.6) is 0 Å². The quantitative estimate of drug-likeness (QED) is 0.715. The summed E-state index contributed by atoms with van der Waals surface area (Å²) in [5.74, 6) is 1.27. The zero-order chi connectivity index (χ0) is 17.2. The van der Waals surface area contributed by atoms with Gasteiger partial charge in [-0.05, 0) is 51.4 Å². The lowest BCUT2D eigenvalue weighted by Gasteiger charge is -2.23. The van der Waals surface area contributed by atoms with Gasteiger partial charge in [0.05, 0.1) is 18.8 Å². The first-order valence-corrected chi connectivity index (χ1v) is 8.82. The molecule has 0 unspecified atom stereocenters. The van der Waals surface area contributed by atoms with E-state index in [2.05, 4.69) is 37.9 Å². The summed E-state index contributed by atoms with van der Waals surface area (Å²) in [5, 5.41) is 13.0. The molecular weight excluding hydrogens is 314 g/mol. The molecule has 0 saturated carbocycles. The predicted octanol–water partition coefficient (Wildman–Crippen LogP) is 3.21. The highest BCUT2D eigenvalue weighted by molar-refractivity contribution is 5.51. The Labute approximate surface area is 147 Å². The Morgan fingerprint density at radius 2 is 2.00 bits per heavy atom. The summed E-state index contributed by atoms with van der Waals surface area (Å²) in [6, 6.07) is 12.5. The van der Waals surface area contributed by atoms with Crippen molar-refractivity contribution in [3.8, 4) is 11.5 Å². The number of benzene rings is 1. The van der Waals surface area contributed by atoms with E-state index in [-0.39, 0.29) is 0 Å². The van der Waals surface area contributed by atoms with Crippen LogP contribution in [-0.4, -0.2) is 37.5 Å². The van der Waals surface area contributed by atoms with E-state index in [9.17, 15) is 0 Å². The van der Waals surface area contributed by atoms with Crippen molar-refractivity contribution in [3.05, 3.63) is 53.7 Å². The molecule has 6 nitrogen and oxygen atoms in total. The van der Waals surface area contributed by atoms with Gasteiger partial charge in [-0.15, -0.1) is 10.2 Å². The zero-order valence-electron chi connectivity index (χ0n) is 14.7. The summed E-state index contributed by atoms with van der Waals surface area (Å²) in [4.78, 5) is 2.43. The normalized spacial score (nSPS) is 18.1. The second kappa shape index (κ2) is 6.80. The van der Waals surface area contributed by atoms with E-state index in [1.165, 1.54) is 18.5 Å². The second-order valence-electron chi connectivity index (χ2n) is 6.74. The molecule has 2 aromatic heterocycles. The van der Waals surface area contributed by atoms with Gasteiger partial charge < -0.3 is 4.42 Å². The van der Waals surface area contributed by atoms with Crippen LogP contribution in [0.3, 0.4) is 0 Å². The lowest BCUT2D eigenvalue weighted by atomic mass is 10.2. The molecule has 1 aromatic carbocycles. The number of hydrogen-bond donors (Lipinski definition) is 0. The summed E-state index contributed by atoms with van der Waals surface area (Å²) < 4.78 is 7.98. The zero-order valence-corrected chi connectivity index (χ0v) is 14.7. The standard InChI is InChI=1S/C19H23N5O/c1-14-11-15(2)24(22-14)12-17-9-6-10-23(17)13-18-20-21-19(25-18)16-7-4-3-5-8-16/h3-5,7-8,11,17H,6,9-10,12-13H2,1-2H3/t17-/m0/s1. The van der Waals surface area contributed by atoms with Gasteiger partial charge in [0.1, 0.15) is 0 Å². The highest BCUT2D eigenvalue weighted by atomic mass is 16.4. The fraction of sp³-hybridized carbons (Fsp3) is 0.421. The third-order valence-corrected chi connectivity index (χ3v) is 4.81. The van der Waals surface area contributed by atoms with Crippen molar-refractivity contribution >= 4 is 0 Å². The molecule has 1 saturated heterocycles. The molecule has 0 bridgehead atoms. The van der Waals surface area contributed by atoms with Crippen LogP contribution in [-0.2, 0) is 13.1 Å². The number of hydrogen-bond acceptors (Lipinski definition) is 5. The number of rotatable bonds is 5. The minimum absolute atomic E-state index is 0.463. The third-order valence-electron chi connectivity index (χ3n) is 4.81. The van der Waals surface area contributed by atoms with E-state index in [1.807, 2.05) is 37.3 Å². The van der Waals surface area contributed by atoms with E-state index in [1.54, 1.807) is 0 Å². The van der Waals surface area contributed by atoms with E-state index < -0.39 is 0 Å². The molecule has 25 heavy (non-hydrogen) atoms. The summed E-state index contributed by atoms with van der Waals surface area (Å²) in [6.07, 6.45) is 2.38. The minimum Gasteiger partial charge on any atom is -0.419 e. The molecule has 3 aromatic rings. The number of aromatic nitrogens is 4. The van der Waals surface area contributed by atoms with Gasteiger partial charge in [-0.25, -0.2) is 0 Å². The van der Waals surface area contributed by atoms with E-state index in [0.717, 1.165) is 24.3 Å². The van der Waals surface area contributed by atoms with E-state index >= 15 is 0 Å². The Kier molecular flexibility index (Phi) is 4.36. The molecule has 0 aliphatic carbocycles. The van der Waals surface area contributed by atoms with Gasteiger partial charge in [0.2, 0.25) is 11.8 Å². The predicted molar refractivity (Wildman–Crippen MR) is 94.9 cm³/mol. The van der Waals surface area contributed by atoms with Crippen LogP contribution in [0.25, 0.3) is 11.5 Å². The average Bonchev–Trinajstić information content (AvgIpc) is 3.32. The molecule has 130 valence electrons. The van der Waals surface area contributed by atoms with Crippen molar-refractivity contribution in [2.45, 2.75) is 45.8 Å². The second-order valence-corrected chi connectivity index (χ2v) is 6.74. The Morgan fingerprint density at radius 3 is 2.76 bits per heavy atom. The first-order valence-electron chi connectivity index (χ1n) is 8.82. The highest BCUT2D eigenvalue weighted by Crippen LogP contribution is 2.23. The summed E-state index contributed by atoms with van der Waals surface area (Å²) in [7, 11) is 0. The first kappa shape index (κ1) is 16.0. The molecule has 1 aliphatic rings. The molecule has 1 fully saturated rings. The van der Waals surface area contributed by atoms with Gasteiger partial charge in [0.25, 0.3) is 0 Å². The fourth-order valence-electron chi connectivity index (χ4n) is 3.56. The number of likely N-dealkylation sites (tertiary alicyclic amines) is 1. The Morgan fingerprint density at radius 1 is 1.16 bits per heavy atom. The summed E-state index contributed by atoms with van der Waals surface area (Å²) >= 11 is 0. The molecule has 3 heterocycles. The van der Waals surface area contributed by atoms with Crippen LogP contribution in [0.15, 0.2) is 40.8 Å². The van der Waals surface area contributed by atoms with Crippen LogP contribution < -0.4 is 0 Å². The summed E-state index contributed by atoms with van der Waals surface area (Å²) in [6.45, 7) is 6.83. The Balaban J connectivity index is 1.45. The van der Waals surface area contributed by atoms with Gasteiger partial charge in [0, 0.05) is 17.3 Å². The van der Waals surface area contributed by atoms with Gasteiger partial charge in [-0.1, -0.05) is 18.2 Å².